The van der Waals surface area contributed by atoms with Gasteiger partial charge in [0.1, 0.15) is 0 Å². The summed E-state index contributed by atoms with van der Waals surface area (Å²) in [5.41, 5.74) is 2.96. The molecule has 32 heavy (non-hydrogen) atoms. The van der Waals surface area contributed by atoms with Gasteiger partial charge in [-0.3, -0.25) is 9.59 Å². The summed E-state index contributed by atoms with van der Waals surface area (Å²) in [5, 5.41) is 0. The molecule has 0 aromatic heterocycles. The van der Waals surface area contributed by atoms with Gasteiger partial charge in [0.15, 0.2) is 11.6 Å². The average Bonchev–Trinajstić information content (AvgIpc) is 2.73. The molecule has 0 amide bonds. The third-order valence-corrected chi connectivity index (χ3v) is 6.37. The maximum absolute atomic E-state index is 13.1. The van der Waals surface area contributed by atoms with Gasteiger partial charge in [-0.2, -0.15) is 0 Å². The fraction of sp³-hybridized carbons (Fsp3) is 0.667. The van der Waals surface area contributed by atoms with Gasteiger partial charge < -0.3 is 0 Å². The molecule has 0 aromatic rings. The van der Waals surface area contributed by atoms with Crippen molar-refractivity contribution in [3.63, 3.8) is 0 Å². The van der Waals surface area contributed by atoms with Crippen molar-refractivity contribution in [3.8, 4) is 0 Å². The first-order chi connectivity index (χ1) is 15.3. The van der Waals surface area contributed by atoms with Crippen LogP contribution in [0.3, 0.4) is 0 Å². The Labute approximate surface area is 198 Å². The number of hydrogen-bond donors (Lipinski definition) is 0. The predicted octanol–water partition coefficient (Wildman–Crippen LogP) is 8.88. The van der Waals surface area contributed by atoms with Gasteiger partial charge in [0.05, 0.1) is 0 Å². The maximum atomic E-state index is 13.1. The molecule has 1 aliphatic carbocycles. The summed E-state index contributed by atoms with van der Waals surface area (Å²) in [5.74, 6) is 0.421. The van der Waals surface area contributed by atoms with E-state index in [0.29, 0.717) is 5.57 Å². The Morgan fingerprint density at radius 3 is 1.75 bits per heavy atom. The quantitative estimate of drug-likeness (QED) is 0.136. The lowest BCUT2D eigenvalue weighted by Crippen LogP contribution is -2.27. The molecule has 2 heteroatoms. The summed E-state index contributed by atoms with van der Waals surface area (Å²) in [6, 6.07) is 0. The second kappa shape index (κ2) is 16.0. The molecule has 0 atom stereocenters. The van der Waals surface area contributed by atoms with Crippen LogP contribution in [-0.2, 0) is 9.59 Å². The number of carbonyl (C=O) groups excluding carboxylic acids is 2. The Balaban J connectivity index is 2.33. The highest BCUT2D eigenvalue weighted by atomic mass is 16.1. The van der Waals surface area contributed by atoms with Crippen LogP contribution in [0.5, 0.6) is 0 Å². The topological polar surface area (TPSA) is 34.1 Å². The molecular weight excluding hydrogens is 392 g/mol. The van der Waals surface area contributed by atoms with Gasteiger partial charge in [-0.25, -0.2) is 0 Å². The molecule has 0 aromatic carbocycles. The molecule has 2 nitrogen and oxygen atoms in total. The Kier molecular flexibility index (Phi) is 14.2. The smallest absolute Gasteiger partial charge is 0.186 e. The van der Waals surface area contributed by atoms with E-state index >= 15 is 0 Å². The zero-order chi connectivity index (χ0) is 23.9. The van der Waals surface area contributed by atoms with Gasteiger partial charge in [-0.15, -0.1) is 0 Å². The second-order valence-corrected chi connectivity index (χ2v) is 9.88. The van der Waals surface area contributed by atoms with E-state index in [9.17, 15) is 9.59 Å². The molecule has 0 saturated heterocycles. The lowest BCUT2D eigenvalue weighted by Gasteiger charge is -2.26. The number of Topliss-reactive ketones (excluding diaryl/α,β-unsaturated/α-hetero) is 2. The van der Waals surface area contributed by atoms with Gasteiger partial charge in [-0.05, 0) is 63.7 Å². The highest BCUT2D eigenvalue weighted by molar-refractivity contribution is 6.25. The number of rotatable bonds is 16. The summed E-state index contributed by atoms with van der Waals surface area (Å²) in [4.78, 5) is 26.1. The zero-order valence-electron chi connectivity index (χ0n) is 21.8. The van der Waals surface area contributed by atoms with Gasteiger partial charge in [-0.1, -0.05) is 91.0 Å². The number of unbranched alkanes of at least 4 members (excludes halogenated alkanes) is 8. The van der Waals surface area contributed by atoms with Crippen LogP contribution in [-0.4, -0.2) is 11.6 Å². The minimum absolute atomic E-state index is 0.0950. The molecular formula is C30H48O2. The van der Waals surface area contributed by atoms with Gasteiger partial charge >= 0.3 is 0 Å². The van der Waals surface area contributed by atoms with Crippen LogP contribution >= 0.6 is 0 Å². The summed E-state index contributed by atoms with van der Waals surface area (Å²) >= 11 is 0. The van der Waals surface area contributed by atoms with Crippen molar-refractivity contribution in [2.24, 2.45) is 11.8 Å². The SMILES string of the molecule is CCCCC/C=C\C/C=C\CCCCCCCC1=C(C(C)C)C(=O)C(C(C)C)=C(C)C1=O. The van der Waals surface area contributed by atoms with Crippen molar-refractivity contribution in [2.45, 2.75) is 119 Å². The largest absolute Gasteiger partial charge is 0.289 e. The minimum Gasteiger partial charge on any atom is -0.289 e. The van der Waals surface area contributed by atoms with Crippen molar-refractivity contribution < 1.29 is 9.59 Å². The lowest BCUT2D eigenvalue weighted by molar-refractivity contribution is -0.117. The van der Waals surface area contributed by atoms with Gasteiger partial charge in [0.2, 0.25) is 0 Å². The Bertz CT molecular complexity index is 713. The summed E-state index contributed by atoms with van der Waals surface area (Å²) < 4.78 is 0. The monoisotopic (exact) mass is 440 g/mol. The van der Waals surface area contributed by atoms with E-state index in [1.165, 1.54) is 44.9 Å². The van der Waals surface area contributed by atoms with E-state index < -0.39 is 0 Å². The molecule has 180 valence electrons. The molecule has 0 saturated carbocycles. The van der Waals surface area contributed by atoms with Crippen LogP contribution in [0.1, 0.15) is 119 Å². The zero-order valence-corrected chi connectivity index (χ0v) is 21.8. The summed E-state index contributed by atoms with van der Waals surface area (Å²) in [6.07, 6.45) is 23.1. The molecule has 1 rings (SSSR count). The van der Waals surface area contributed by atoms with E-state index in [1.807, 2.05) is 34.6 Å². The van der Waals surface area contributed by atoms with Crippen molar-refractivity contribution in [3.05, 3.63) is 46.6 Å². The molecule has 0 unspecified atom stereocenters. The van der Waals surface area contributed by atoms with E-state index in [4.69, 9.17) is 0 Å². The van der Waals surface area contributed by atoms with Crippen LogP contribution < -0.4 is 0 Å². The van der Waals surface area contributed by atoms with Crippen LogP contribution in [0.4, 0.5) is 0 Å². The Hall–Kier alpha value is -1.70. The van der Waals surface area contributed by atoms with Crippen LogP contribution in [0.15, 0.2) is 46.6 Å². The first kappa shape index (κ1) is 28.3. The molecule has 0 spiro atoms. The van der Waals surface area contributed by atoms with Crippen molar-refractivity contribution in [2.75, 3.05) is 0 Å². The average molecular weight is 441 g/mol. The summed E-state index contributed by atoms with van der Waals surface area (Å²) in [7, 11) is 0. The molecule has 0 N–H and O–H groups in total. The van der Waals surface area contributed by atoms with E-state index in [1.54, 1.807) is 0 Å². The van der Waals surface area contributed by atoms with Crippen molar-refractivity contribution in [1.29, 1.82) is 0 Å². The van der Waals surface area contributed by atoms with Crippen LogP contribution in [0.25, 0.3) is 0 Å². The molecule has 1 aliphatic rings. The van der Waals surface area contributed by atoms with Gasteiger partial charge in [0, 0.05) is 22.3 Å². The molecule has 0 fully saturated rings. The molecule has 0 heterocycles. The van der Waals surface area contributed by atoms with Gasteiger partial charge in [0.25, 0.3) is 0 Å². The first-order valence-corrected chi connectivity index (χ1v) is 13.2. The Morgan fingerprint density at radius 1 is 0.656 bits per heavy atom. The molecule has 0 aliphatic heterocycles. The van der Waals surface area contributed by atoms with Crippen molar-refractivity contribution >= 4 is 11.6 Å². The standard InChI is InChI=1S/C30H48O2/c1-7-8-9-10-11-12-13-14-15-16-17-18-19-20-21-22-26-28(24(4)5)30(32)27(23(2)3)25(6)29(26)31/h11-12,14-15,23-24H,7-10,13,16-22H2,1-6H3/b12-11-,15-14-. The number of allylic oxidation sites excluding steroid dienone is 8. The normalized spacial score (nSPS) is 15.6. The lowest BCUT2D eigenvalue weighted by atomic mass is 9.75. The fourth-order valence-electron chi connectivity index (χ4n) is 4.59. The summed E-state index contributed by atoms with van der Waals surface area (Å²) in [6.45, 7) is 12.2. The maximum Gasteiger partial charge on any atom is 0.186 e. The van der Waals surface area contributed by atoms with Crippen LogP contribution in [0, 0.1) is 11.8 Å². The first-order valence-electron chi connectivity index (χ1n) is 13.2. The number of hydrogen-bond acceptors (Lipinski definition) is 2. The fourth-order valence-corrected chi connectivity index (χ4v) is 4.59. The second-order valence-electron chi connectivity index (χ2n) is 9.88. The molecule has 0 bridgehead atoms. The van der Waals surface area contributed by atoms with E-state index in [0.717, 1.165) is 48.8 Å². The predicted molar refractivity (Wildman–Crippen MR) is 139 cm³/mol. The third-order valence-electron chi connectivity index (χ3n) is 6.37. The van der Waals surface area contributed by atoms with Crippen LogP contribution in [0.2, 0.25) is 0 Å². The number of carbonyl (C=O) groups is 2. The van der Waals surface area contributed by atoms with Crippen molar-refractivity contribution in [1.82, 2.24) is 0 Å². The molecule has 0 radical (unpaired) electrons. The van der Waals surface area contributed by atoms with E-state index in [2.05, 4.69) is 31.2 Å². The van der Waals surface area contributed by atoms with E-state index in [-0.39, 0.29) is 23.4 Å². The highest BCUT2D eigenvalue weighted by Crippen LogP contribution is 2.34. The minimum atomic E-state index is 0.0950. The Morgan fingerprint density at radius 2 is 1.19 bits per heavy atom. The third kappa shape index (κ3) is 9.43. The highest BCUT2D eigenvalue weighted by Gasteiger charge is 2.34. The number of ketones is 2.